The molecule has 1 aliphatic rings. The highest BCUT2D eigenvalue weighted by Crippen LogP contribution is 2.43. The summed E-state index contributed by atoms with van der Waals surface area (Å²) in [7, 11) is 0. The zero-order valence-corrected chi connectivity index (χ0v) is 9.57. The molecule has 1 fully saturated rings. The highest BCUT2D eigenvalue weighted by atomic mass is 32.1. The highest BCUT2D eigenvalue weighted by molar-refractivity contribution is 7.15. The molecule has 0 spiro atoms. The minimum Gasteiger partial charge on any atom is -0.383 e. The van der Waals surface area contributed by atoms with Gasteiger partial charge in [-0.1, -0.05) is 6.07 Å². The zero-order valence-electron chi connectivity index (χ0n) is 8.76. The Balaban J connectivity index is 1.94. The maximum Gasteiger partial charge on any atom is 0.125 e. The Morgan fingerprint density at radius 2 is 2.19 bits per heavy atom. The van der Waals surface area contributed by atoms with Gasteiger partial charge < -0.3 is 5.11 Å². The van der Waals surface area contributed by atoms with Crippen LogP contribution in [0.15, 0.2) is 30.7 Å². The second-order valence-corrected chi connectivity index (χ2v) is 5.19. The third kappa shape index (κ3) is 1.54. The number of aromatic nitrogens is 2. The third-order valence-electron chi connectivity index (χ3n) is 3.03. The molecule has 1 saturated carbocycles. The van der Waals surface area contributed by atoms with Crippen molar-refractivity contribution in [3.05, 3.63) is 35.7 Å². The predicted molar refractivity (Wildman–Crippen MR) is 63.1 cm³/mol. The lowest BCUT2D eigenvalue weighted by atomic mass is 9.81. The molecule has 82 valence electrons. The van der Waals surface area contributed by atoms with E-state index >= 15 is 0 Å². The van der Waals surface area contributed by atoms with E-state index in [2.05, 4.69) is 9.97 Å². The molecule has 0 amide bonds. The van der Waals surface area contributed by atoms with Crippen molar-refractivity contribution >= 4 is 11.3 Å². The van der Waals surface area contributed by atoms with Crippen LogP contribution in [0.25, 0.3) is 10.4 Å². The molecule has 1 N–H and O–H groups in total. The number of thiazole rings is 1. The Hall–Kier alpha value is -1.26. The summed E-state index contributed by atoms with van der Waals surface area (Å²) in [6.07, 6.45) is 8.18. The summed E-state index contributed by atoms with van der Waals surface area (Å²) < 4.78 is 0. The van der Waals surface area contributed by atoms with Crippen molar-refractivity contribution in [2.24, 2.45) is 0 Å². The summed E-state index contributed by atoms with van der Waals surface area (Å²) in [5.74, 6) is 0. The molecule has 0 radical (unpaired) electrons. The van der Waals surface area contributed by atoms with Gasteiger partial charge in [-0.05, 0) is 25.3 Å². The van der Waals surface area contributed by atoms with Crippen LogP contribution < -0.4 is 0 Å². The van der Waals surface area contributed by atoms with Gasteiger partial charge in [-0.25, -0.2) is 4.98 Å². The smallest absolute Gasteiger partial charge is 0.125 e. The van der Waals surface area contributed by atoms with E-state index in [-0.39, 0.29) is 0 Å². The SMILES string of the molecule is OC1(c2ncc(-c3cccnc3)s2)CCC1. The van der Waals surface area contributed by atoms with Crippen molar-refractivity contribution in [1.82, 2.24) is 9.97 Å². The van der Waals surface area contributed by atoms with E-state index in [1.807, 2.05) is 24.5 Å². The zero-order chi connectivity index (χ0) is 11.0. The maximum atomic E-state index is 10.2. The van der Waals surface area contributed by atoms with Crippen LogP contribution in [0.4, 0.5) is 0 Å². The lowest BCUT2D eigenvalue weighted by Crippen LogP contribution is -2.33. The van der Waals surface area contributed by atoms with Crippen molar-refractivity contribution in [2.75, 3.05) is 0 Å². The number of rotatable bonds is 2. The summed E-state index contributed by atoms with van der Waals surface area (Å²) in [6.45, 7) is 0. The van der Waals surface area contributed by atoms with Gasteiger partial charge in [0.2, 0.25) is 0 Å². The first kappa shape index (κ1) is 9.93. The molecule has 4 heteroatoms. The summed E-state index contributed by atoms with van der Waals surface area (Å²) in [4.78, 5) is 9.48. The quantitative estimate of drug-likeness (QED) is 0.865. The Bertz CT molecular complexity index is 491. The van der Waals surface area contributed by atoms with Gasteiger partial charge in [-0.15, -0.1) is 11.3 Å². The Morgan fingerprint density at radius 1 is 1.31 bits per heavy atom. The fourth-order valence-corrected chi connectivity index (χ4v) is 2.91. The predicted octanol–water partition coefficient (Wildman–Crippen LogP) is 2.58. The van der Waals surface area contributed by atoms with Gasteiger partial charge in [0.25, 0.3) is 0 Å². The molecule has 3 rings (SSSR count). The van der Waals surface area contributed by atoms with Crippen LogP contribution in [0.5, 0.6) is 0 Å². The molecule has 2 aromatic heterocycles. The molecule has 0 unspecified atom stereocenters. The summed E-state index contributed by atoms with van der Waals surface area (Å²) >= 11 is 1.57. The first-order valence-corrected chi connectivity index (χ1v) is 6.19. The van der Waals surface area contributed by atoms with Crippen molar-refractivity contribution < 1.29 is 5.11 Å². The van der Waals surface area contributed by atoms with Gasteiger partial charge in [-0.3, -0.25) is 4.98 Å². The van der Waals surface area contributed by atoms with Crippen molar-refractivity contribution in [3.8, 4) is 10.4 Å². The van der Waals surface area contributed by atoms with Crippen molar-refractivity contribution in [2.45, 2.75) is 24.9 Å². The van der Waals surface area contributed by atoms with Crippen LogP contribution in [0.2, 0.25) is 0 Å². The normalized spacial score (nSPS) is 18.1. The van der Waals surface area contributed by atoms with E-state index in [0.717, 1.165) is 34.7 Å². The van der Waals surface area contributed by atoms with E-state index in [0.29, 0.717) is 0 Å². The number of hydrogen-bond acceptors (Lipinski definition) is 4. The monoisotopic (exact) mass is 232 g/mol. The van der Waals surface area contributed by atoms with Gasteiger partial charge in [-0.2, -0.15) is 0 Å². The first-order chi connectivity index (χ1) is 7.78. The third-order valence-corrected chi connectivity index (χ3v) is 4.27. The van der Waals surface area contributed by atoms with E-state index in [4.69, 9.17) is 0 Å². The number of pyridine rings is 1. The number of aliphatic hydroxyl groups is 1. The van der Waals surface area contributed by atoms with Crippen LogP contribution in [0, 0.1) is 0 Å². The number of hydrogen-bond donors (Lipinski definition) is 1. The van der Waals surface area contributed by atoms with Crippen LogP contribution in [0.1, 0.15) is 24.3 Å². The molecular weight excluding hydrogens is 220 g/mol. The molecule has 0 atom stereocenters. The summed E-state index contributed by atoms with van der Waals surface area (Å²) in [6, 6.07) is 3.92. The maximum absolute atomic E-state index is 10.2. The molecule has 16 heavy (non-hydrogen) atoms. The molecule has 0 aromatic carbocycles. The molecule has 2 heterocycles. The van der Waals surface area contributed by atoms with Crippen LogP contribution in [-0.2, 0) is 5.60 Å². The Kier molecular flexibility index (Phi) is 2.26. The van der Waals surface area contributed by atoms with E-state index in [9.17, 15) is 5.11 Å². The van der Waals surface area contributed by atoms with Crippen LogP contribution in [-0.4, -0.2) is 15.1 Å². The van der Waals surface area contributed by atoms with E-state index < -0.39 is 5.60 Å². The topological polar surface area (TPSA) is 46.0 Å². The first-order valence-electron chi connectivity index (χ1n) is 5.37. The fourth-order valence-electron chi connectivity index (χ4n) is 1.86. The minimum atomic E-state index is -0.648. The average molecular weight is 232 g/mol. The molecule has 3 nitrogen and oxygen atoms in total. The molecule has 0 aliphatic heterocycles. The average Bonchev–Trinajstić information content (AvgIpc) is 2.77. The number of nitrogens with zero attached hydrogens (tertiary/aromatic N) is 2. The lowest BCUT2D eigenvalue weighted by Gasteiger charge is -2.34. The second kappa shape index (κ2) is 3.64. The van der Waals surface area contributed by atoms with E-state index in [1.54, 1.807) is 17.5 Å². The molecule has 0 bridgehead atoms. The van der Waals surface area contributed by atoms with Gasteiger partial charge >= 0.3 is 0 Å². The molecular formula is C12H12N2OS. The minimum absolute atomic E-state index is 0.648. The summed E-state index contributed by atoms with van der Waals surface area (Å²) in [5.41, 5.74) is 0.416. The largest absolute Gasteiger partial charge is 0.383 e. The molecule has 1 aliphatic carbocycles. The lowest BCUT2D eigenvalue weighted by molar-refractivity contribution is -0.0389. The Morgan fingerprint density at radius 3 is 2.81 bits per heavy atom. The van der Waals surface area contributed by atoms with Gasteiger partial charge in [0.15, 0.2) is 0 Å². The van der Waals surface area contributed by atoms with Crippen molar-refractivity contribution in [1.29, 1.82) is 0 Å². The van der Waals surface area contributed by atoms with Crippen LogP contribution >= 0.6 is 11.3 Å². The second-order valence-electron chi connectivity index (χ2n) is 4.16. The Labute approximate surface area is 97.8 Å². The van der Waals surface area contributed by atoms with Crippen molar-refractivity contribution in [3.63, 3.8) is 0 Å². The fraction of sp³-hybridized carbons (Fsp3) is 0.333. The standard InChI is InChI=1S/C12H12N2OS/c15-12(4-2-5-12)11-14-8-10(16-11)9-3-1-6-13-7-9/h1,3,6-8,15H,2,4-5H2. The highest BCUT2D eigenvalue weighted by Gasteiger charge is 2.39. The molecule has 2 aromatic rings. The van der Waals surface area contributed by atoms with Gasteiger partial charge in [0.05, 0.1) is 4.88 Å². The van der Waals surface area contributed by atoms with Gasteiger partial charge in [0.1, 0.15) is 10.6 Å². The van der Waals surface area contributed by atoms with Crippen LogP contribution in [0.3, 0.4) is 0 Å². The van der Waals surface area contributed by atoms with Gasteiger partial charge in [0, 0.05) is 24.2 Å². The van der Waals surface area contributed by atoms with E-state index in [1.165, 1.54) is 0 Å². The molecule has 0 saturated heterocycles. The summed E-state index contributed by atoms with van der Waals surface area (Å²) in [5, 5.41) is 11.0.